The third-order valence-corrected chi connectivity index (χ3v) is 3.57. The monoisotopic (exact) mass is 371 g/mol. The van der Waals surface area contributed by atoms with Crippen molar-refractivity contribution in [2.24, 2.45) is 0 Å². The van der Waals surface area contributed by atoms with Crippen LogP contribution >= 0.6 is 31.9 Å². The zero-order valence-electron chi connectivity index (χ0n) is 9.44. The van der Waals surface area contributed by atoms with E-state index >= 15 is 0 Å². The van der Waals surface area contributed by atoms with E-state index in [0.717, 1.165) is 15.6 Å². The first kappa shape index (κ1) is 13.5. The molecular weight excluding hydrogens is 362 g/mol. The van der Waals surface area contributed by atoms with E-state index < -0.39 is 0 Å². The van der Waals surface area contributed by atoms with Crippen LogP contribution in [-0.2, 0) is 13.2 Å². The summed E-state index contributed by atoms with van der Waals surface area (Å²) in [7, 11) is 0. The number of aliphatic hydroxyl groups is 1. The maximum Gasteiger partial charge on any atom is 0.265 e. The zero-order valence-corrected chi connectivity index (χ0v) is 12.6. The van der Waals surface area contributed by atoms with Crippen LogP contribution in [0.5, 0.6) is 0 Å². The van der Waals surface area contributed by atoms with E-state index in [2.05, 4.69) is 31.9 Å². The molecule has 1 aromatic heterocycles. The van der Waals surface area contributed by atoms with E-state index in [1.54, 1.807) is 16.8 Å². The van der Waals surface area contributed by atoms with E-state index in [1.807, 2.05) is 24.3 Å². The Morgan fingerprint density at radius 3 is 2.33 bits per heavy atom. The highest BCUT2D eigenvalue weighted by molar-refractivity contribution is 9.11. The van der Waals surface area contributed by atoms with Crippen molar-refractivity contribution in [3.05, 3.63) is 67.0 Å². The third-order valence-electron chi connectivity index (χ3n) is 2.57. The van der Waals surface area contributed by atoms with Gasteiger partial charge in [-0.05, 0) is 49.1 Å². The topological polar surface area (TPSA) is 42.2 Å². The summed E-state index contributed by atoms with van der Waals surface area (Å²) < 4.78 is 3.01. The van der Waals surface area contributed by atoms with Crippen LogP contribution in [0.3, 0.4) is 0 Å². The summed E-state index contributed by atoms with van der Waals surface area (Å²) in [4.78, 5) is 11.9. The first-order valence-electron chi connectivity index (χ1n) is 5.34. The van der Waals surface area contributed by atoms with Crippen LogP contribution in [0.1, 0.15) is 11.1 Å². The van der Waals surface area contributed by atoms with Gasteiger partial charge in [0.2, 0.25) is 0 Å². The molecule has 0 atom stereocenters. The molecule has 0 saturated carbocycles. The molecule has 0 radical (unpaired) electrons. The molecular formula is C13H11Br2NO2. The van der Waals surface area contributed by atoms with Gasteiger partial charge in [0.05, 0.1) is 17.6 Å². The summed E-state index contributed by atoms with van der Waals surface area (Å²) in [6.45, 7) is 0.533. The molecule has 1 aromatic carbocycles. The molecule has 18 heavy (non-hydrogen) atoms. The Hall–Kier alpha value is -0.910. The summed E-state index contributed by atoms with van der Waals surface area (Å²) in [5.74, 6) is 0. The lowest BCUT2D eigenvalue weighted by Crippen LogP contribution is -2.20. The smallest absolute Gasteiger partial charge is 0.265 e. The van der Waals surface area contributed by atoms with Crippen molar-refractivity contribution < 1.29 is 5.11 Å². The number of halogens is 2. The van der Waals surface area contributed by atoms with Gasteiger partial charge in [-0.15, -0.1) is 0 Å². The van der Waals surface area contributed by atoms with Crippen LogP contribution in [-0.4, -0.2) is 9.67 Å². The van der Waals surface area contributed by atoms with Gasteiger partial charge < -0.3 is 9.67 Å². The van der Waals surface area contributed by atoms with E-state index in [-0.39, 0.29) is 12.2 Å². The summed E-state index contributed by atoms with van der Waals surface area (Å²) in [6.07, 6.45) is 1.76. The lowest BCUT2D eigenvalue weighted by Gasteiger charge is -2.08. The Balaban J connectivity index is 2.31. The maximum absolute atomic E-state index is 11.9. The SMILES string of the molecule is O=c1c(Br)cc(Br)cn1Cc1ccc(CO)cc1. The molecule has 0 unspecified atom stereocenters. The number of aromatic nitrogens is 1. The molecule has 0 spiro atoms. The summed E-state index contributed by atoms with van der Waals surface area (Å²) in [5, 5.41) is 8.97. The fraction of sp³-hybridized carbons (Fsp3) is 0.154. The molecule has 1 N–H and O–H groups in total. The molecule has 0 amide bonds. The molecule has 0 bridgehead atoms. The molecule has 3 nitrogen and oxygen atoms in total. The predicted octanol–water partition coefficient (Wildman–Crippen LogP) is 2.91. The second-order valence-electron chi connectivity index (χ2n) is 3.91. The van der Waals surface area contributed by atoms with Crippen LogP contribution in [0.2, 0.25) is 0 Å². The van der Waals surface area contributed by atoms with Crippen LogP contribution in [0, 0.1) is 0 Å². The third kappa shape index (κ3) is 3.10. The van der Waals surface area contributed by atoms with Crippen molar-refractivity contribution in [2.45, 2.75) is 13.2 Å². The average molecular weight is 373 g/mol. The standard InChI is InChI=1S/C13H11Br2NO2/c14-11-5-12(15)13(18)16(7-11)6-9-1-3-10(8-17)4-2-9/h1-5,7,17H,6,8H2. The molecule has 0 aliphatic heterocycles. The Kier molecular flexibility index (Phi) is 4.37. The Morgan fingerprint density at radius 1 is 1.11 bits per heavy atom. The highest BCUT2D eigenvalue weighted by Gasteiger charge is 2.04. The largest absolute Gasteiger partial charge is 0.392 e. The van der Waals surface area contributed by atoms with Crippen molar-refractivity contribution in [1.29, 1.82) is 0 Å². The normalized spacial score (nSPS) is 10.6. The van der Waals surface area contributed by atoms with Gasteiger partial charge in [0, 0.05) is 10.7 Å². The van der Waals surface area contributed by atoms with Crippen molar-refractivity contribution in [1.82, 2.24) is 4.57 Å². The summed E-state index contributed by atoms with van der Waals surface area (Å²) >= 11 is 6.60. The number of rotatable bonds is 3. The van der Waals surface area contributed by atoms with Gasteiger partial charge in [0.1, 0.15) is 0 Å². The minimum absolute atomic E-state index is 0.0304. The predicted molar refractivity (Wildman–Crippen MR) is 77.6 cm³/mol. The number of hydrogen-bond donors (Lipinski definition) is 1. The molecule has 1 heterocycles. The average Bonchev–Trinajstić information content (AvgIpc) is 2.36. The molecule has 0 saturated heterocycles. The molecule has 2 rings (SSSR count). The van der Waals surface area contributed by atoms with Gasteiger partial charge in [-0.25, -0.2) is 0 Å². The second-order valence-corrected chi connectivity index (χ2v) is 5.68. The van der Waals surface area contributed by atoms with Crippen LogP contribution in [0.4, 0.5) is 0 Å². The highest BCUT2D eigenvalue weighted by Crippen LogP contribution is 2.14. The van der Waals surface area contributed by atoms with Crippen molar-refractivity contribution >= 4 is 31.9 Å². The molecule has 0 aliphatic rings. The zero-order chi connectivity index (χ0) is 13.1. The van der Waals surface area contributed by atoms with E-state index in [4.69, 9.17) is 5.11 Å². The lowest BCUT2D eigenvalue weighted by atomic mass is 10.1. The lowest BCUT2D eigenvalue weighted by molar-refractivity contribution is 0.282. The Bertz CT molecular complexity index is 605. The van der Waals surface area contributed by atoms with Gasteiger partial charge in [0.15, 0.2) is 0 Å². The second kappa shape index (κ2) is 5.82. The van der Waals surface area contributed by atoms with Crippen molar-refractivity contribution in [3.8, 4) is 0 Å². The van der Waals surface area contributed by atoms with E-state index in [0.29, 0.717) is 11.0 Å². The molecule has 0 aliphatic carbocycles. The van der Waals surface area contributed by atoms with Crippen LogP contribution < -0.4 is 5.56 Å². The summed E-state index contributed by atoms with van der Waals surface area (Å²) in [5.41, 5.74) is 1.81. The fourth-order valence-electron chi connectivity index (χ4n) is 1.63. The van der Waals surface area contributed by atoms with Gasteiger partial charge in [-0.2, -0.15) is 0 Å². The Morgan fingerprint density at radius 2 is 1.72 bits per heavy atom. The minimum atomic E-state index is -0.0653. The minimum Gasteiger partial charge on any atom is -0.392 e. The highest BCUT2D eigenvalue weighted by atomic mass is 79.9. The number of benzene rings is 1. The van der Waals surface area contributed by atoms with E-state index in [1.165, 1.54) is 0 Å². The van der Waals surface area contributed by atoms with Gasteiger partial charge in [-0.3, -0.25) is 4.79 Å². The number of hydrogen-bond acceptors (Lipinski definition) is 2. The molecule has 0 fully saturated rings. The molecule has 94 valence electrons. The van der Waals surface area contributed by atoms with Crippen LogP contribution in [0.25, 0.3) is 0 Å². The van der Waals surface area contributed by atoms with Gasteiger partial charge >= 0.3 is 0 Å². The number of aliphatic hydroxyl groups excluding tert-OH is 1. The maximum atomic E-state index is 11.9. The molecule has 5 heteroatoms. The van der Waals surface area contributed by atoms with Gasteiger partial charge in [-0.1, -0.05) is 24.3 Å². The molecule has 2 aromatic rings. The first-order chi connectivity index (χ1) is 8.60. The van der Waals surface area contributed by atoms with Gasteiger partial charge in [0.25, 0.3) is 5.56 Å². The van der Waals surface area contributed by atoms with Crippen molar-refractivity contribution in [2.75, 3.05) is 0 Å². The Labute approximate surface area is 121 Å². The summed E-state index contributed by atoms with van der Waals surface area (Å²) in [6, 6.07) is 9.26. The van der Waals surface area contributed by atoms with Crippen LogP contribution in [0.15, 0.2) is 50.3 Å². The fourth-order valence-corrected chi connectivity index (χ4v) is 2.89. The quantitative estimate of drug-likeness (QED) is 0.900. The van der Waals surface area contributed by atoms with E-state index in [9.17, 15) is 4.79 Å². The number of nitrogens with zero attached hydrogens (tertiary/aromatic N) is 1. The first-order valence-corrected chi connectivity index (χ1v) is 6.93. The number of pyridine rings is 1. The van der Waals surface area contributed by atoms with Crippen molar-refractivity contribution in [3.63, 3.8) is 0 Å².